The number of rotatable bonds is 7. The number of nitrogens with two attached hydrogens (primary N) is 1. The molecule has 0 fully saturated rings. The lowest BCUT2D eigenvalue weighted by Crippen LogP contribution is -2.29. The van der Waals surface area contributed by atoms with Crippen molar-refractivity contribution in [3.05, 3.63) is 17.8 Å². The molecule has 0 unspecified atom stereocenters. The Morgan fingerprint density at radius 3 is 2.74 bits per heavy atom. The molecule has 6 heteroatoms. The summed E-state index contributed by atoms with van der Waals surface area (Å²) < 4.78 is 9.98. The average Bonchev–Trinajstić information content (AvgIpc) is 2.44. The van der Waals surface area contributed by atoms with Gasteiger partial charge in [0, 0.05) is 19.7 Å². The van der Waals surface area contributed by atoms with Gasteiger partial charge in [0.2, 0.25) is 0 Å². The lowest BCUT2D eigenvalue weighted by Gasteiger charge is -2.23. The Hall–Kier alpha value is -1.82. The van der Waals surface area contributed by atoms with Crippen molar-refractivity contribution in [2.75, 3.05) is 44.0 Å². The van der Waals surface area contributed by atoms with Crippen LogP contribution >= 0.6 is 0 Å². The van der Waals surface area contributed by atoms with E-state index < -0.39 is 5.97 Å². The molecular formula is C13H21N3O3. The lowest BCUT2D eigenvalue weighted by molar-refractivity contribution is 0.0594. The van der Waals surface area contributed by atoms with E-state index in [4.69, 9.17) is 10.5 Å². The summed E-state index contributed by atoms with van der Waals surface area (Å²) in [5.41, 5.74) is 6.70. The fourth-order valence-corrected chi connectivity index (χ4v) is 1.66. The molecule has 1 rings (SSSR count). The summed E-state index contributed by atoms with van der Waals surface area (Å²) in [6.07, 6.45) is 0. The van der Waals surface area contributed by atoms with E-state index in [9.17, 15) is 4.79 Å². The van der Waals surface area contributed by atoms with Crippen LogP contribution in [0.15, 0.2) is 12.1 Å². The third-order valence-corrected chi connectivity index (χ3v) is 2.69. The Morgan fingerprint density at radius 1 is 1.42 bits per heavy atom. The highest BCUT2D eigenvalue weighted by Crippen LogP contribution is 2.20. The zero-order chi connectivity index (χ0) is 14.3. The molecule has 0 radical (unpaired) electrons. The molecule has 1 aromatic heterocycles. The van der Waals surface area contributed by atoms with Gasteiger partial charge in [-0.2, -0.15) is 0 Å². The van der Waals surface area contributed by atoms with Crippen molar-refractivity contribution in [3.63, 3.8) is 0 Å². The van der Waals surface area contributed by atoms with Crippen LogP contribution in [-0.4, -0.2) is 44.4 Å². The average molecular weight is 267 g/mol. The minimum absolute atomic E-state index is 0.251. The summed E-state index contributed by atoms with van der Waals surface area (Å²) >= 11 is 0. The number of methoxy groups -OCH3 is 1. The predicted octanol–water partition coefficient (Wildman–Crippen LogP) is 1.31. The first-order valence-electron chi connectivity index (χ1n) is 6.31. The lowest BCUT2D eigenvalue weighted by atomic mass is 10.3. The van der Waals surface area contributed by atoms with Crippen LogP contribution in [0, 0.1) is 0 Å². The van der Waals surface area contributed by atoms with Gasteiger partial charge in [-0.05, 0) is 26.0 Å². The number of nitrogen functional groups attached to an aromatic ring is 1. The van der Waals surface area contributed by atoms with Gasteiger partial charge in [-0.3, -0.25) is 0 Å². The van der Waals surface area contributed by atoms with Crippen LogP contribution in [0.3, 0.4) is 0 Å². The predicted molar refractivity (Wildman–Crippen MR) is 74.4 cm³/mol. The van der Waals surface area contributed by atoms with Crippen LogP contribution < -0.4 is 10.6 Å². The summed E-state index contributed by atoms with van der Waals surface area (Å²) in [5.74, 6) is 0.118. The first-order valence-corrected chi connectivity index (χ1v) is 6.31. The normalized spacial score (nSPS) is 10.3. The minimum atomic E-state index is -0.470. The number of carbonyl (C=O) groups excluding carboxylic acids is 1. The summed E-state index contributed by atoms with van der Waals surface area (Å²) in [5, 5.41) is 0. The molecule has 6 nitrogen and oxygen atoms in total. The fourth-order valence-electron chi connectivity index (χ4n) is 1.66. The Bertz CT molecular complexity index is 424. The number of anilines is 2. The van der Waals surface area contributed by atoms with Crippen LogP contribution in [0.4, 0.5) is 11.5 Å². The second kappa shape index (κ2) is 7.58. The van der Waals surface area contributed by atoms with Gasteiger partial charge in [0.1, 0.15) is 0 Å². The highest BCUT2D eigenvalue weighted by atomic mass is 16.5. The summed E-state index contributed by atoms with van der Waals surface area (Å²) in [6, 6.07) is 3.22. The SMILES string of the molecule is CCOCCN(CC)c1nc(C(=O)OC)ccc1N. The van der Waals surface area contributed by atoms with E-state index in [-0.39, 0.29) is 5.69 Å². The van der Waals surface area contributed by atoms with E-state index in [0.717, 1.165) is 6.54 Å². The number of carbonyl (C=O) groups is 1. The fraction of sp³-hybridized carbons (Fsp3) is 0.538. The van der Waals surface area contributed by atoms with Crippen molar-refractivity contribution < 1.29 is 14.3 Å². The third-order valence-electron chi connectivity index (χ3n) is 2.69. The van der Waals surface area contributed by atoms with Crippen molar-refractivity contribution in [2.45, 2.75) is 13.8 Å². The van der Waals surface area contributed by atoms with Crippen LogP contribution in [0.2, 0.25) is 0 Å². The number of nitrogens with zero attached hydrogens (tertiary/aromatic N) is 2. The maximum atomic E-state index is 11.5. The van der Waals surface area contributed by atoms with Crippen LogP contribution in [0.1, 0.15) is 24.3 Å². The Kier molecular flexibility index (Phi) is 6.08. The van der Waals surface area contributed by atoms with Crippen LogP contribution in [0.5, 0.6) is 0 Å². The molecule has 0 amide bonds. The van der Waals surface area contributed by atoms with Gasteiger partial charge >= 0.3 is 5.97 Å². The standard InChI is InChI=1S/C13H21N3O3/c1-4-16(8-9-19-5-2)12-10(14)6-7-11(15-12)13(17)18-3/h6-7H,4-5,8-9,14H2,1-3H3. The second-order valence-electron chi connectivity index (χ2n) is 3.88. The Labute approximate surface area is 113 Å². The second-order valence-corrected chi connectivity index (χ2v) is 3.88. The summed E-state index contributed by atoms with van der Waals surface area (Å²) in [6.45, 7) is 6.61. The van der Waals surface area contributed by atoms with Crippen molar-refractivity contribution >= 4 is 17.5 Å². The molecule has 0 saturated carbocycles. The number of esters is 1. The monoisotopic (exact) mass is 267 g/mol. The molecule has 2 N–H and O–H groups in total. The highest BCUT2D eigenvalue weighted by Gasteiger charge is 2.14. The van der Waals surface area contributed by atoms with E-state index in [1.165, 1.54) is 7.11 Å². The van der Waals surface area contributed by atoms with E-state index in [1.54, 1.807) is 12.1 Å². The largest absolute Gasteiger partial charge is 0.464 e. The third kappa shape index (κ3) is 4.10. The number of ether oxygens (including phenoxy) is 2. The van der Waals surface area contributed by atoms with Gasteiger partial charge < -0.3 is 20.1 Å². The van der Waals surface area contributed by atoms with E-state index in [2.05, 4.69) is 9.72 Å². The van der Waals surface area contributed by atoms with Gasteiger partial charge in [-0.25, -0.2) is 9.78 Å². The smallest absolute Gasteiger partial charge is 0.356 e. The van der Waals surface area contributed by atoms with Gasteiger partial charge in [0.25, 0.3) is 0 Å². The molecule has 1 aromatic rings. The summed E-state index contributed by atoms with van der Waals surface area (Å²) in [7, 11) is 1.33. The molecule has 0 bridgehead atoms. The number of aromatic nitrogens is 1. The number of pyridine rings is 1. The van der Waals surface area contributed by atoms with E-state index >= 15 is 0 Å². The van der Waals surface area contributed by atoms with Crippen molar-refractivity contribution in [2.24, 2.45) is 0 Å². The van der Waals surface area contributed by atoms with Crippen molar-refractivity contribution in [1.29, 1.82) is 0 Å². The number of hydrogen-bond acceptors (Lipinski definition) is 6. The maximum absolute atomic E-state index is 11.5. The van der Waals surface area contributed by atoms with Crippen LogP contribution in [-0.2, 0) is 9.47 Å². The van der Waals surface area contributed by atoms with Gasteiger partial charge in [0.15, 0.2) is 11.5 Å². The highest BCUT2D eigenvalue weighted by molar-refractivity contribution is 5.88. The van der Waals surface area contributed by atoms with Gasteiger partial charge in [-0.1, -0.05) is 0 Å². The van der Waals surface area contributed by atoms with Crippen LogP contribution in [0.25, 0.3) is 0 Å². The first-order chi connectivity index (χ1) is 9.13. The zero-order valence-electron chi connectivity index (χ0n) is 11.7. The number of hydrogen-bond donors (Lipinski definition) is 1. The quantitative estimate of drug-likeness (QED) is 0.593. The topological polar surface area (TPSA) is 77.7 Å². The maximum Gasteiger partial charge on any atom is 0.356 e. The Morgan fingerprint density at radius 2 is 2.16 bits per heavy atom. The van der Waals surface area contributed by atoms with Gasteiger partial charge in [-0.15, -0.1) is 0 Å². The molecule has 0 spiro atoms. The first kappa shape index (κ1) is 15.2. The van der Waals surface area contributed by atoms with Gasteiger partial charge in [0.05, 0.1) is 19.4 Å². The molecule has 1 heterocycles. The summed E-state index contributed by atoms with van der Waals surface area (Å²) in [4.78, 5) is 17.7. The number of likely N-dealkylation sites (N-methyl/N-ethyl adjacent to an activating group) is 1. The molecule has 0 aliphatic carbocycles. The van der Waals surface area contributed by atoms with E-state index in [1.807, 2.05) is 18.7 Å². The molecule has 0 atom stereocenters. The zero-order valence-corrected chi connectivity index (χ0v) is 11.7. The molecule has 0 saturated heterocycles. The molecule has 0 aliphatic heterocycles. The molecule has 0 aliphatic rings. The molecule has 19 heavy (non-hydrogen) atoms. The van der Waals surface area contributed by atoms with E-state index in [0.29, 0.717) is 31.3 Å². The molecule has 0 aromatic carbocycles. The Balaban J connectivity index is 2.91. The van der Waals surface area contributed by atoms with Crippen molar-refractivity contribution in [3.8, 4) is 0 Å². The molecule has 106 valence electrons. The minimum Gasteiger partial charge on any atom is -0.464 e. The molecular weight excluding hydrogens is 246 g/mol. The van der Waals surface area contributed by atoms with Crippen molar-refractivity contribution in [1.82, 2.24) is 4.98 Å².